The minimum absolute atomic E-state index is 0.107. The Hall–Kier alpha value is -2.94. The molecule has 3 nitrogen and oxygen atoms in total. The van der Waals surface area contributed by atoms with E-state index >= 15 is 0 Å². The molecular weight excluding hydrogens is 284 g/mol. The van der Waals surface area contributed by atoms with Gasteiger partial charge in [-0.2, -0.15) is 5.10 Å². The Kier molecular flexibility index (Phi) is 4.79. The van der Waals surface area contributed by atoms with E-state index in [1.54, 1.807) is 6.21 Å². The molecule has 3 rings (SSSR count). The summed E-state index contributed by atoms with van der Waals surface area (Å²) in [4.78, 5) is 11.9. The van der Waals surface area contributed by atoms with E-state index in [1.807, 2.05) is 60.7 Å². The second kappa shape index (κ2) is 7.36. The van der Waals surface area contributed by atoms with E-state index in [9.17, 15) is 4.79 Å². The molecule has 0 atom stereocenters. The third-order valence-corrected chi connectivity index (χ3v) is 3.63. The van der Waals surface area contributed by atoms with Crippen LogP contribution < -0.4 is 5.43 Å². The number of nitrogens with one attached hydrogen (secondary N) is 1. The molecule has 0 saturated carbocycles. The molecule has 0 aliphatic heterocycles. The number of hydrogen-bond donors (Lipinski definition) is 1. The van der Waals surface area contributed by atoms with Crippen molar-refractivity contribution < 1.29 is 4.79 Å². The summed E-state index contributed by atoms with van der Waals surface area (Å²) in [6.45, 7) is 0. The van der Waals surface area contributed by atoms with E-state index in [4.69, 9.17) is 0 Å². The molecule has 1 amide bonds. The van der Waals surface area contributed by atoms with Crippen molar-refractivity contribution in [1.82, 2.24) is 5.43 Å². The fraction of sp³-hybridized carbons (Fsp3) is 0.100. The smallest absolute Gasteiger partial charge is 0.244 e. The summed E-state index contributed by atoms with van der Waals surface area (Å²) in [5, 5.41) is 6.32. The molecule has 0 fully saturated rings. The van der Waals surface area contributed by atoms with Crippen molar-refractivity contribution in [2.24, 2.45) is 5.10 Å². The lowest BCUT2D eigenvalue weighted by Gasteiger charge is -2.03. The monoisotopic (exact) mass is 302 g/mol. The molecule has 3 aromatic rings. The third kappa shape index (κ3) is 4.27. The molecule has 0 unspecified atom stereocenters. The number of nitrogens with zero attached hydrogens (tertiary/aromatic N) is 1. The van der Waals surface area contributed by atoms with Crippen LogP contribution in [-0.2, 0) is 17.6 Å². The lowest BCUT2D eigenvalue weighted by molar-refractivity contribution is -0.120. The third-order valence-electron chi connectivity index (χ3n) is 3.63. The van der Waals surface area contributed by atoms with Crippen molar-refractivity contribution in [3.8, 4) is 0 Å². The van der Waals surface area contributed by atoms with Gasteiger partial charge in [0.05, 0.1) is 6.42 Å². The highest BCUT2D eigenvalue weighted by Gasteiger charge is 2.03. The molecule has 0 radical (unpaired) electrons. The van der Waals surface area contributed by atoms with Crippen LogP contribution in [-0.4, -0.2) is 12.1 Å². The molecule has 1 N–H and O–H groups in total. The van der Waals surface area contributed by atoms with Crippen LogP contribution in [0.5, 0.6) is 0 Å². The average molecular weight is 302 g/mol. The lowest BCUT2D eigenvalue weighted by atomic mass is 10.1. The molecule has 0 saturated heterocycles. The van der Waals surface area contributed by atoms with Crippen molar-refractivity contribution in [3.05, 3.63) is 83.9 Å². The van der Waals surface area contributed by atoms with Gasteiger partial charge in [-0.25, -0.2) is 5.43 Å². The van der Waals surface area contributed by atoms with Crippen molar-refractivity contribution in [1.29, 1.82) is 0 Å². The van der Waals surface area contributed by atoms with Gasteiger partial charge < -0.3 is 0 Å². The molecule has 0 bridgehead atoms. The first kappa shape index (κ1) is 15.0. The van der Waals surface area contributed by atoms with Gasteiger partial charge in [-0.3, -0.25) is 4.79 Å². The van der Waals surface area contributed by atoms with Gasteiger partial charge in [-0.1, -0.05) is 72.8 Å². The van der Waals surface area contributed by atoms with Gasteiger partial charge >= 0.3 is 0 Å². The first-order valence-electron chi connectivity index (χ1n) is 7.63. The fourth-order valence-corrected chi connectivity index (χ4v) is 2.46. The van der Waals surface area contributed by atoms with E-state index in [1.165, 1.54) is 10.9 Å². The van der Waals surface area contributed by atoms with Crippen LogP contribution in [0.15, 0.2) is 77.9 Å². The topological polar surface area (TPSA) is 41.5 Å². The van der Waals surface area contributed by atoms with Gasteiger partial charge in [0.1, 0.15) is 0 Å². The van der Waals surface area contributed by atoms with Crippen LogP contribution in [0.4, 0.5) is 0 Å². The average Bonchev–Trinajstić information content (AvgIpc) is 2.59. The second-order valence-corrected chi connectivity index (χ2v) is 5.39. The van der Waals surface area contributed by atoms with Gasteiger partial charge in [0.2, 0.25) is 5.91 Å². The van der Waals surface area contributed by atoms with Gasteiger partial charge in [-0.05, 0) is 21.9 Å². The zero-order valence-corrected chi connectivity index (χ0v) is 12.8. The molecule has 0 aromatic heterocycles. The van der Waals surface area contributed by atoms with Gasteiger partial charge in [-0.15, -0.1) is 0 Å². The Morgan fingerprint density at radius 1 is 0.870 bits per heavy atom. The molecule has 23 heavy (non-hydrogen) atoms. The van der Waals surface area contributed by atoms with Gasteiger partial charge in [0.25, 0.3) is 0 Å². The minimum atomic E-state index is -0.107. The predicted molar refractivity (Wildman–Crippen MR) is 94.4 cm³/mol. The number of hydrogen-bond acceptors (Lipinski definition) is 2. The highest BCUT2D eigenvalue weighted by atomic mass is 16.2. The fourth-order valence-electron chi connectivity index (χ4n) is 2.46. The van der Waals surface area contributed by atoms with Crippen molar-refractivity contribution in [2.45, 2.75) is 12.8 Å². The molecule has 0 aliphatic rings. The molecule has 3 heteroatoms. The van der Waals surface area contributed by atoms with E-state index in [0.29, 0.717) is 12.8 Å². The number of amides is 1. The van der Waals surface area contributed by atoms with Crippen LogP contribution in [0, 0.1) is 0 Å². The molecule has 0 spiro atoms. The summed E-state index contributed by atoms with van der Waals surface area (Å²) in [5.41, 5.74) is 4.73. The number of rotatable bonds is 5. The number of carbonyl (C=O) groups excluding carboxylic acids is 1. The summed E-state index contributed by atoms with van der Waals surface area (Å²) in [6, 6.07) is 24.2. The van der Waals surface area contributed by atoms with Crippen molar-refractivity contribution >= 4 is 22.9 Å². The summed E-state index contributed by atoms with van der Waals surface area (Å²) in [5.74, 6) is -0.107. The summed E-state index contributed by atoms with van der Waals surface area (Å²) >= 11 is 0. The summed E-state index contributed by atoms with van der Waals surface area (Å²) < 4.78 is 0. The number of benzene rings is 3. The van der Waals surface area contributed by atoms with Gasteiger partial charge in [0.15, 0.2) is 0 Å². The molecule has 0 heterocycles. The van der Waals surface area contributed by atoms with Crippen LogP contribution in [0.1, 0.15) is 11.1 Å². The highest BCUT2D eigenvalue weighted by molar-refractivity contribution is 5.85. The molecular formula is C20H18N2O. The van der Waals surface area contributed by atoms with Crippen LogP contribution >= 0.6 is 0 Å². The Morgan fingerprint density at radius 3 is 2.43 bits per heavy atom. The first-order valence-corrected chi connectivity index (χ1v) is 7.63. The van der Waals surface area contributed by atoms with E-state index in [-0.39, 0.29) is 5.91 Å². The zero-order valence-electron chi connectivity index (χ0n) is 12.8. The van der Waals surface area contributed by atoms with E-state index in [0.717, 1.165) is 10.9 Å². The number of hydrazone groups is 1. The van der Waals surface area contributed by atoms with Gasteiger partial charge in [0, 0.05) is 12.6 Å². The van der Waals surface area contributed by atoms with Crippen LogP contribution in [0.2, 0.25) is 0 Å². The van der Waals surface area contributed by atoms with E-state index in [2.05, 4.69) is 22.7 Å². The second-order valence-electron chi connectivity index (χ2n) is 5.39. The highest BCUT2D eigenvalue weighted by Crippen LogP contribution is 2.15. The Labute approximate surface area is 135 Å². The Bertz CT molecular complexity index is 825. The molecule has 3 aromatic carbocycles. The van der Waals surface area contributed by atoms with Crippen molar-refractivity contribution in [2.75, 3.05) is 0 Å². The predicted octanol–water partition coefficient (Wildman–Crippen LogP) is 3.73. The summed E-state index contributed by atoms with van der Waals surface area (Å²) in [7, 11) is 0. The zero-order chi connectivity index (χ0) is 15.9. The quantitative estimate of drug-likeness (QED) is 0.566. The maximum atomic E-state index is 11.9. The lowest BCUT2D eigenvalue weighted by Crippen LogP contribution is -2.19. The maximum Gasteiger partial charge on any atom is 0.244 e. The number of carbonyl (C=O) groups is 1. The normalized spacial score (nSPS) is 11.0. The van der Waals surface area contributed by atoms with E-state index < -0.39 is 0 Å². The number of fused-ring (bicyclic) bond motifs is 1. The van der Waals surface area contributed by atoms with Crippen molar-refractivity contribution in [3.63, 3.8) is 0 Å². The molecule has 114 valence electrons. The molecule has 0 aliphatic carbocycles. The Balaban J connectivity index is 1.54. The first-order chi connectivity index (χ1) is 11.3. The minimum Gasteiger partial charge on any atom is -0.273 e. The Morgan fingerprint density at radius 2 is 1.61 bits per heavy atom. The van der Waals surface area contributed by atoms with Crippen LogP contribution in [0.25, 0.3) is 10.8 Å². The largest absolute Gasteiger partial charge is 0.273 e. The standard InChI is InChI=1S/C20H18N2O/c23-20(22-21-13-12-16-6-2-1-3-7-16)15-17-10-11-18-8-4-5-9-19(18)14-17/h1-11,13-14H,12,15H2,(H,22,23)/b21-13+. The SMILES string of the molecule is O=C(Cc1ccc2ccccc2c1)N/N=C/Cc1ccccc1. The summed E-state index contributed by atoms with van der Waals surface area (Å²) in [6.07, 6.45) is 2.75. The maximum absolute atomic E-state index is 11.9. The van der Waals surface area contributed by atoms with Crippen LogP contribution in [0.3, 0.4) is 0 Å².